The van der Waals surface area contributed by atoms with E-state index >= 15 is 0 Å². The van der Waals surface area contributed by atoms with Gasteiger partial charge in [0.05, 0.1) is 0 Å². The molecule has 0 atom stereocenters. The van der Waals surface area contributed by atoms with Gasteiger partial charge in [0.2, 0.25) is 0 Å². The second kappa shape index (κ2) is 5.08. The number of aromatic amines is 1. The first kappa shape index (κ1) is 11.1. The third-order valence-electron chi connectivity index (χ3n) is 1.78. The van der Waals surface area contributed by atoms with Crippen LogP contribution in [0.1, 0.15) is 5.69 Å². The molecule has 2 N–H and O–H groups in total. The van der Waals surface area contributed by atoms with Gasteiger partial charge >= 0.3 is 0 Å². The van der Waals surface area contributed by atoms with Crippen LogP contribution in [0.3, 0.4) is 0 Å². The van der Waals surface area contributed by atoms with Crippen molar-refractivity contribution < 1.29 is 0 Å². The first-order valence-corrected chi connectivity index (χ1v) is 6.22. The number of nitrogens with one attached hydrogen (secondary N) is 2. The van der Waals surface area contributed by atoms with Gasteiger partial charge in [-0.1, -0.05) is 16.3 Å². The Hall–Kier alpha value is -1.41. The average Bonchev–Trinajstić information content (AvgIpc) is 2.74. The number of hydrogen-bond acceptors (Lipinski definition) is 7. The van der Waals surface area contributed by atoms with Crippen LogP contribution in [0.15, 0.2) is 22.2 Å². The lowest BCUT2D eigenvalue weighted by atomic mass is 10.5. The Morgan fingerprint density at radius 3 is 3.25 bits per heavy atom. The Bertz CT molecular complexity index is 523. The van der Waals surface area contributed by atoms with Gasteiger partial charge in [0, 0.05) is 36.6 Å². The quantitative estimate of drug-likeness (QED) is 0.625. The molecule has 0 radical (unpaired) electrons. The molecule has 0 aliphatic rings. The zero-order valence-electron chi connectivity index (χ0n) is 8.43. The summed E-state index contributed by atoms with van der Waals surface area (Å²) in [5, 5.41) is 8.52. The summed E-state index contributed by atoms with van der Waals surface area (Å²) in [6.07, 6.45) is 1.49. The van der Waals surface area contributed by atoms with Crippen molar-refractivity contribution in [3.8, 4) is 0 Å². The highest BCUT2D eigenvalue weighted by molar-refractivity contribution is 7.98. The fourth-order valence-electron chi connectivity index (χ4n) is 1.06. The maximum atomic E-state index is 11.0. The first-order valence-electron chi connectivity index (χ1n) is 4.46. The number of H-pyrrole nitrogens is 1. The van der Waals surface area contributed by atoms with E-state index in [0.29, 0.717) is 10.9 Å². The van der Waals surface area contributed by atoms with Gasteiger partial charge in [-0.25, -0.2) is 4.98 Å². The number of hydrogen-bond donors (Lipinski definition) is 2. The molecule has 6 nitrogen and oxygen atoms in total. The molecular formula is C8H9N5OS2. The smallest absolute Gasteiger partial charge is 0.251 e. The van der Waals surface area contributed by atoms with E-state index in [4.69, 9.17) is 0 Å². The fraction of sp³-hybridized carbons (Fsp3) is 0.250. The lowest BCUT2D eigenvalue weighted by molar-refractivity contribution is 0.934. The lowest BCUT2D eigenvalue weighted by Gasteiger charge is -1.99. The van der Waals surface area contributed by atoms with E-state index in [2.05, 4.69) is 24.9 Å². The Labute approximate surface area is 99.7 Å². The molecule has 8 heteroatoms. The van der Waals surface area contributed by atoms with Crippen molar-refractivity contribution in [3.63, 3.8) is 0 Å². The summed E-state index contributed by atoms with van der Waals surface area (Å²) in [5.41, 5.74) is 0.715. The van der Waals surface area contributed by atoms with Gasteiger partial charge in [-0.15, -0.1) is 5.10 Å². The number of nitrogens with zero attached hydrogens (tertiary/aromatic N) is 3. The van der Waals surface area contributed by atoms with Gasteiger partial charge in [-0.05, 0) is 0 Å². The van der Waals surface area contributed by atoms with Crippen LogP contribution >= 0.6 is 23.3 Å². The predicted molar refractivity (Wildman–Crippen MR) is 63.9 cm³/mol. The summed E-state index contributed by atoms with van der Waals surface area (Å²) in [5.74, 6) is 0.625. The molecule has 2 aromatic heterocycles. The molecule has 0 unspecified atom stereocenters. The van der Waals surface area contributed by atoms with Crippen LogP contribution in [0.4, 0.5) is 5.00 Å². The summed E-state index contributed by atoms with van der Waals surface area (Å²) in [6.45, 7) is 0. The van der Waals surface area contributed by atoms with Gasteiger partial charge in [0.1, 0.15) is 10.7 Å². The molecule has 0 saturated heterocycles. The maximum Gasteiger partial charge on any atom is 0.251 e. The molecule has 0 saturated carbocycles. The van der Waals surface area contributed by atoms with E-state index in [-0.39, 0.29) is 5.56 Å². The molecule has 0 aliphatic carbocycles. The normalized spacial score (nSPS) is 10.3. The summed E-state index contributed by atoms with van der Waals surface area (Å²) in [7, 11) is 1.83. The summed E-state index contributed by atoms with van der Waals surface area (Å²) in [4.78, 5) is 17.7. The van der Waals surface area contributed by atoms with Crippen LogP contribution in [0.2, 0.25) is 0 Å². The Morgan fingerprint density at radius 2 is 2.50 bits per heavy atom. The number of thioether (sulfide) groups is 1. The van der Waals surface area contributed by atoms with Crippen LogP contribution in [0.25, 0.3) is 0 Å². The monoisotopic (exact) mass is 255 g/mol. The third-order valence-corrected chi connectivity index (χ3v) is 3.46. The van der Waals surface area contributed by atoms with Gasteiger partial charge in [-0.3, -0.25) is 4.79 Å². The highest BCUT2D eigenvalue weighted by Crippen LogP contribution is 2.24. The molecular weight excluding hydrogens is 246 g/mol. The second-order valence-electron chi connectivity index (χ2n) is 2.83. The van der Waals surface area contributed by atoms with Crippen LogP contribution in [0.5, 0.6) is 0 Å². The van der Waals surface area contributed by atoms with Crippen molar-refractivity contribution in [2.24, 2.45) is 0 Å². The van der Waals surface area contributed by atoms with Crippen molar-refractivity contribution in [2.45, 2.75) is 10.9 Å². The molecule has 0 amide bonds. The highest BCUT2D eigenvalue weighted by Gasteiger charge is 2.07. The van der Waals surface area contributed by atoms with Gasteiger partial charge in [-0.2, -0.15) is 0 Å². The number of rotatable bonds is 4. The molecule has 0 fully saturated rings. The first-order chi connectivity index (χ1) is 7.79. The van der Waals surface area contributed by atoms with Crippen molar-refractivity contribution in [1.82, 2.24) is 19.6 Å². The summed E-state index contributed by atoms with van der Waals surface area (Å²) >= 11 is 2.73. The van der Waals surface area contributed by atoms with Gasteiger partial charge < -0.3 is 10.3 Å². The third kappa shape index (κ3) is 2.58. The van der Waals surface area contributed by atoms with E-state index in [1.54, 1.807) is 0 Å². The topological polar surface area (TPSA) is 83.6 Å². The van der Waals surface area contributed by atoms with E-state index in [1.165, 1.54) is 35.6 Å². The Kier molecular flexibility index (Phi) is 3.52. The van der Waals surface area contributed by atoms with Crippen LogP contribution in [-0.2, 0) is 5.75 Å². The lowest BCUT2D eigenvalue weighted by Crippen LogP contribution is -2.05. The summed E-state index contributed by atoms with van der Waals surface area (Å²) < 4.78 is 3.85. The minimum Gasteiger partial charge on any atom is -0.377 e. The minimum atomic E-state index is -0.150. The van der Waals surface area contributed by atoms with E-state index in [1.807, 2.05) is 7.05 Å². The molecule has 16 heavy (non-hydrogen) atoms. The molecule has 84 valence electrons. The van der Waals surface area contributed by atoms with Crippen molar-refractivity contribution in [1.29, 1.82) is 0 Å². The number of aromatic nitrogens is 4. The SMILES string of the molecule is CNc1snnc1CSc1nccc(=O)[nH]1. The highest BCUT2D eigenvalue weighted by atomic mass is 32.2. The van der Waals surface area contributed by atoms with Crippen molar-refractivity contribution >= 4 is 28.3 Å². The number of anilines is 1. The molecule has 0 bridgehead atoms. The summed E-state index contributed by atoms with van der Waals surface area (Å²) in [6, 6.07) is 1.38. The van der Waals surface area contributed by atoms with Crippen LogP contribution < -0.4 is 10.9 Å². The minimum absolute atomic E-state index is 0.150. The zero-order chi connectivity index (χ0) is 11.4. The van der Waals surface area contributed by atoms with Crippen LogP contribution in [0, 0.1) is 0 Å². The Morgan fingerprint density at radius 1 is 1.62 bits per heavy atom. The van der Waals surface area contributed by atoms with E-state index in [9.17, 15) is 4.79 Å². The largest absolute Gasteiger partial charge is 0.377 e. The molecule has 0 aromatic carbocycles. The standard InChI is InChI=1S/C8H9N5OS2/c1-9-7-5(12-13-16-7)4-15-8-10-3-2-6(14)11-8/h2-3,9H,4H2,1H3,(H,10,11,14). The van der Waals surface area contributed by atoms with E-state index in [0.717, 1.165) is 10.7 Å². The zero-order valence-corrected chi connectivity index (χ0v) is 10.1. The maximum absolute atomic E-state index is 11.0. The average molecular weight is 255 g/mol. The molecule has 0 aliphatic heterocycles. The van der Waals surface area contributed by atoms with Gasteiger partial charge in [0.25, 0.3) is 5.56 Å². The molecule has 2 heterocycles. The second-order valence-corrected chi connectivity index (χ2v) is 4.54. The van der Waals surface area contributed by atoms with Crippen LogP contribution in [-0.4, -0.2) is 26.6 Å². The molecule has 2 aromatic rings. The fourth-order valence-corrected chi connectivity index (χ4v) is 2.46. The molecule has 2 rings (SSSR count). The van der Waals surface area contributed by atoms with Crippen molar-refractivity contribution in [2.75, 3.05) is 12.4 Å². The van der Waals surface area contributed by atoms with Gasteiger partial charge in [0.15, 0.2) is 5.16 Å². The van der Waals surface area contributed by atoms with E-state index < -0.39 is 0 Å². The Balaban J connectivity index is 2.05. The van der Waals surface area contributed by atoms with Crippen molar-refractivity contribution in [3.05, 3.63) is 28.3 Å². The molecule has 0 spiro atoms. The predicted octanol–water partition coefficient (Wildman–Crippen LogP) is 0.955.